The Hall–Kier alpha value is -2.91. The zero-order valence-corrected chi connectivity index (χ0v) is 19.4. The second-order valence-corrected chi connectivity index (χ2v) is 8.43. The first-order valence-electron chi connectivity index (χ1n) is 10.8. The second-order valence-electron chi connectivity index (χ2n) is 7.99. The van der Waals surface area contributed by atoms with Gasteiger partial charge in [-0.1, -0.05) is 11.6 Å². The molecule has 1 aromatic rings. The minimum atomic E-state index is -0.413. The fraction of sp³-hybridized carbons (Fsp3) is 0.455. The highest BCUT2D eigenvalue weighted by atomic mass is 35.5. The Balaban J connectivity index is 1.73. The molecule has 9 nitrogen and oxygen atoms in total. The van der Waals surface area contributed by atoms with Gasteiger partial charge in [-0.15, -0.1) is 10.5 Å². The lowest BCUT2D eigenvalue weighted by Gasteiger charge is -2.32. The van der Waals surface area contributed by atoms with Crippen LogP contribution in [0.5, 0.6) is 5.75 Å². The molecule has 8 N–H and O–H groups in total. The van der Waals surface area contributed by atoms with Crippen molar-refractivity contribution in [2.75, 3.05) is 33.3 Å². The van der Waals surface area contributed by atoms with Gasteiger partial charge in [0.1, 0.15) is 17.3 Å². The zero-order valence-electron chi connectivity index (χ0n) is 18.6. The van der Waals surface area contributed by atoms with Gasteiger partial charge in [0.25, 0.3) is 0 Å². The van der Waals surface area contributed by atoms with Gasteiger partial charge in [0, 0.05) is 43.1 Å². The average Bonchev–Trinajstić information content (AvgIpc) is 2.80. The number of ether oxygens (including phenoxy) is 1. The van der Waals surface area contributed by atoms with E-state index in [-0.39, 0.29) is 5.70 Å². The summed E-state index contributed by atoms with van der Waals surface area (Å²) in [6.07, 6.45) is 3.67. The summed E-state index contributed by atoms with van der Waals surface area (Å²) in [6.45, 7) is 5.80. The number of nitrogens with one attached hydrogen (secondary N) is 4. The van der Waals surface area contributed by atoms with Crippen LogP contribution >= 0.6 is 11.6 Å². The van der Waals surface area contributed by atoms with Crippen molar-refractivity contribution >= 4 is 23.2 Å². The predicted octanol–water partition coefficient (Wildman–Crippen LogP) is -0.703. The fourth-order valence-electron chi connectivity index (χ4n) is 3.91. The molecule has 1 amide bonds. The number of methoxy groups -OCH3 is 1. The third-order valence-electron chi connectivity index (χ3n) is 5.80. The first kappa shape index (κ1) is 23.7. The van der Waals surface area contributed by atoms with Gasteiger partial charge in [0.2, 0.25) is 0 Å². The Morgan fingerprint density at radius 2 is 2.12 bits per heavy atom. The summed E-state index contributed by atoms with van der Waals surface area (Å²) in [5.74, 6) is 1.20. The lowest BCUT2D eigenvalue weighted by Crippen LogP contribution is -2.85. The molecule has 1 fully saturated rings. The molecule has 0 radical (unpaired) electrons. The first-order valence-corrected chi connectivity index (χ1v) is 11.2. The molecule has 2 aliphatic heterocycles. The number of piperidine rings is 1. The molecule has 2 aliphatic rings. The van der Waals surface area contributed by atoms with Crippen LogP contribution in [0.4, 0.5) is 0 Å². The van der Waals surface area contributed by atoms with Gasteiger partial charge in [-0.05, 0) is 50.2 Å². The topological polar surface area (TPSA) is 132 Å². The molecule has 0 saturated carbocycles. The Morgan fingerprint density at radius 3 is 2.84 bits per heavy atom. The van der Waals surface area contributed by atoms with Crippen LogP contribution in [-0.2, 0) is 11.3 Å². The lowest BCUT2D eigenvalue weighted by molar-refractivity contribution is -0.513. The van der Waals surface area contributed by atoms with E-state index in [1.807, 2.05) is 24.0 Å². The number of amides is 1. The van der Waals surface area contributed by atoms with Crippen molar-refractivity contribution in [1.29, 1.82) is 0 Å². The van der Waals surface area contributed by atoms with E-state index in [0.717, 1.165) is 43.0 Å². The standard InChI is InChI=1S/C22H32ClN7O2/c1-14(15-5-7-26-8-6-15)28-29-22(31)18(24)12-19-21(25)27-9-10-30(19)13-16-11-17(23)3-4-20(16)32-2/h3-4,11-12,15,26-27H,5-10,13,24-25H2,1-2H3,(H,29,31)/p+1/b18-12-,28-14+. The molecule has 0 aromatic heterocycles. The van der Waals surface area contributed by atoms with Crippen molar-refractivity contribution in [3.8, 4) is 5.75 Å². The van der Waals surface area contributed by atoms with Crippen LogP contribution in [0.3, 0.4) is 0 Å². The largest absolute Gasteiger partial charge is 0.496 e. The molecule has 1 aromatic carbocycles. The number of nitrogens with two attached hydrogens (primary N) is 2. The number of allylic oxidation sites excluding steroid dienone is 1. The molecule has 0 spiro atoms. The van der Waals surface area contributed by atoms with Crippen LogP contribution in [0.15, 0.2) is 41.5 Å². The number of hydrazine groups is 1. The zero-order chi connectivity index (χ0) is 23.1. The maximum absolute atomic E-state index is 12.6. The first-order chi connectivity index (χ1) is 15.4. The molecule has 2 heterocycles. The van der Waals surface area contributed by atoms with Crippen molar-refractivity contribution in [3.05, 3.63) is 52.1 Å². The number of carbonyl (C=O) groups excluding carboxylic acids is 1. The van der Waals surface area contributed by atoms with Crippen LogP contribution < -0.4 is 37.4 Å². The van der Waals surface area contributed by atoms with Gasteiger partial charge in [0.15, 0.2) is 5.71 Å². The summed E-state index contributed by atoms with van der Waals surface area (Å²) < 4.78 is 5.46. The number of hydrogen-bond donors (Lipinski definition) is 6. The van der Waals surface area contributed by atoms with E-state index in [2.05, 4.69) is 21.2 Å². The van der Waals surface area contributed by atoms with E-state index in [0.29, 0.717) is 42.1 Å². The van der Waals surface area contributed by atoms with Crippen molar-refractivity contribution < 1.29 is 14.6 Å². The highest BCUT2D eigenvalue weighted by Crippen LogP contribution is 2.26. The Morgan fingerprint density at radius 1 is 1.38 bits per heavy atom. The molecule has 0 atom stereocenters. The van der Waals surface area contributed by atoms with Gasteiger partial charge >= 0.3 is 5.91 Å². The van der Waals surface area contributed by atoms with Crippen LogP contribution in [-0.4, -0.2) is 49.8 Å². The third kappa shape index (κ3) is 6.08. The highest BCUT2D eigenvalue weighted by molar-refractivity contribution is 6.30. The molecular weight excluding hydrogens is 430 g/mol. The van der Waals surface area contributed by atoms with Crippen LogP contribution in [0, 0.1) is 5.92 Å². The number of benzene rings is 1. The molecule has 0 unspecified atom stereocenters. The van der Waals surface area contributed by atoms with E-state index in [9.17, 15) is 4.79 Å². The van der Waals surface area contributed by atoms with Crippen LogP contribution in [0.1, 0.15) is 25.3 Å². The molecule has 0 bridgehead atoms. The summed E-state index contributed by atoms with van der Waals surface area (Å²) in [4.78, 5) is 14.6. The number of hydrazone groups is 1. The minimum absolute atomic E-state index is 0.0559. The summed E-state index contributed by atoms with van der Waals surface area (Å²) in [5.41, 5.74) is 17.7. The van der Waals surface area contributed by atoms with E-state index >= 15 is 0 Å². The third-order valence-corrected chi connectivity index (χ3v) is 6.03. The van der Waals surface area contributed by atoms with Crippen molar-refractivity contribution in [1.82, 2.24) is 21.0 Å². The van der Waals surface area contributed by atoms with Gasteiger partial charge in [-0.3, -0.25) is 4.79 Å². The molecule has 0 aliphatic carbocycles. The van der Waals surface area contributed by atoms with Crippen molar-refractivity contribution in [2.45, 2.75) is 26.3 Å². The van der Waals surface area contributed by atoms with Gasteiger partial charge in [-0.25, -0.2) is 0 Å². The molecule has 3 rings (SSSR count). The monoisotopic (exact) mass is 462 g/mol. The van der Waals surface area contributed by atoms with E-state index in [1.165, 1.54) is 0 Å². The van der Waals surface area contributed by atoms with Gasteiger partial charge < -0.3 is 31.7 Å². The van der Waals surface area contributed by atoms with Crippen molar-refractivity contribution in [2.24, 2.45) is 17.4 Å². The molecular formula is C22H33ClN7O2+. The molecule has 10 heteroatoms. The molecule has 1 saturated heterocycles. The maximum atomic E-state index is 12.6. The number of hydrogen-bond acceptors (Lipinski definition) is 7. The number of nitrogens with zero attached hydrogens (tertiary/aromatic N) is 1. The summed E-state index contributed by atoms with van der Waals surface area (Å²) in [6, 6.07) is 5.47. The predicted molar refractivity (Wildman–Crippen MR) is 125 cm³/mol. The minimum Gasteiger partial charge on any atom is -0.496 e. The van der Waals surface area contributed by atoms with E-state index < -0.39 is 5.91 Å². The highest BCUT2D eigenvalue weighted by Gasteiger charge is 2.22. The Labute approximate surface area is 193 Å². The summed E-state index contributed by atoms with van der Waals surface area (Å²) in [7, 11) is 1.62. The smallest absolute Gasteiger partial charge is 0.320 e. The molecule has 174 valence electrons. The van der Waals surface area contributed by atoms with E-state index in [1.54, 1.807) is 19.3 Å². The molecule has 32 heavy (non-hydrogen) atoms. The maximum Gasteiger partial charge on any atom is 0.320 e. The SMILES string of the molecule is COc1ccc(Cl)cc1CN1CCNC(N)=C1/C=C(\N)C(=O)N/[NH+]=C(\C)C1CCNCC1. The van der Waals surface area contributed by atoms with Crippen LogP contribution in [0.25, 0.3) is 0 Å². The quantitative estimate of drug-likeness (QED) is 0.179. The number of carbonyl (C=O) groups is 1. The fourth-order valence-corrected chi connectivity index (χ4v) is 4.11. The normalized spacial score (nSPS) is 18.4. The average molecular weight is 463 g/mol. The van der Waals surface area contributed by atoms with E-state index in [4.69, 9.17) is 27.8 Å². The number of rotatable bonds is 7. The Bertz CT molecular complexity index is 923. The van der Waals surface area contributed by atoms with Gasteiger partial charge in [-0.2, -0.15) is 0 Å². The second kappa shape index (κ2) is 11.1. The lowest BCUT2D eigenvalue weighted by atomic mass is 9.94. The van der Waals surface area contributed by atoms with Crippen LogP contribution in [0.2, 0.25) is 5.02 Å². The van der Waals surface area contributed by atoms with Crippen molar-refractivity contribution in [3.63, 3.8) is 0 Å². The summed E-state index contributed by atoms with van der Waals surface area (Å²) >= 11 is 6.18. The Kier molecular flexibility index (Phi) is 8.24. The summed E-state index contributed by atoms with van der Waals surface area (Å²) in [5, 5.41) is 10.1. The number of halogens is 1. The van der Waals surface area contributed by atoms with Gasteiger partial charge in [0.05, 0.1) is 12.8 Å².